The van der Waals surface area contributed by atoms with E-state index in [1.807, 2.05) is 12.1 Å². The number of guanidine groups is 1. The molecule has 27 heavy (non-hydrogen) atoms. The van der Waals surface area contributed by atoms with Crippen LogP contribution in [0.2, 0.25) is 0 Å². The van der Waals surface area contributed by atoms with E-state index < -0.39 is 0 Å². The third-order valence-corrected chi connectivity index (χ3v) is 5.18. The lowest BCUT2D eigenvalue weighted by molar-refractivity contribution is 0.0925. The lowest BCUT2D eigenvalue weighted by Gasteiger charge is -2.39. The van der Waals surface area contributed by atoms with Crippen LogP contribution in [0, 0.1) is 11.7 Å². The second kappa shape index (κ2) is 11.2. The van der Waals surface area contributed by atoms with E-state index >= 15 is 0 Å². The summed E-state index contributed by atoms with van der Waals surface area (Å²) in [7, 11) is 2.19. The zero-order chi connectivity index (χ0) is 19.6. The van der Waals surface area contributed by atoms with Gasteiger partial charge in [0, 0.05) is 45.3 Å². The molecule has 1 aromatic carbocycles. The van der Waals surface area contributed by atoms with E-state index in [1.54, 1.807) is 0 Å². The molecule has 1 fully saturated rings. The van der Waals surface area contributed by atoms with Crippen LogP contribution in [0.5, 0.6) is 0 Å². The van der Waals surface area contributed by atoms with Crippen molar-refractivity contribution in [2.45, 2.75) is 33.2 Å². The number of benzene rings is 1. The molecule has 1 aliphatic heterocycles. The molecular formula is C21H36FN5. The Bertz CT molecular complexity index is 564. The molecule has 1 unspecified atom stereocenters. The summed E-state index contributed by atoms with van der Waals surface area (Å²) in [5, 5.41) is 6.74. The first kappa shape index (κ1) is 21.6. The van der Waals surface area contributed by atoms with Gasteiger partial charge in [0.1, 0.15) is 5.82 Å². The summed E-state index contributed by atoms with van der Waals surface area (Å²) in [4.78, 5) is 9.82. The number of likely N-dealkylation sites (N-methyl/N-ethyl adjacent to an activating group) is 1. The number of piperazine rings is 1. The first-order chi connectivity index (χ1) is 13.0. The zero-order valence-corrected chi connectivity index (χ0v) is 17.3. The average molecular weight is 378 g/mol. The number of aliphatic imine (C=N–C) groups is 1. The van der Waals surface area contributed by atoms with Gasteiger partial charge < -0.3 is 15.5 Å². The lowest BCUT2D eigenvalue weighted by Crippen LogP contribution is -2.52. The van der Waals surface area contributed by atoms with Crippen LogP contribution in [-0.4, -0.2) is 74.7 Å². The van der Waals surface area contributed by atoms with Crippen LogP contribution in [0.4, 0.5) is 4.39 Å². The van der Waals surface area contributed by atoms with Crippen LogP contribution < -0.4 is 10.6 Å². The van der Waals surface area contributed by atoms with Gasteiger partial charge in [-0.25, -0.2) is 4.39 Å². The molecule has 0 bridgehead atoms. The van der Waals surface area contributed by atoms with E-state index in [1.165, 1.54) is 12.1 Å². The topological polar surface area (TPSA) is 42.9 Å². The number of hydrogen-bond acceptors (Lipinski definition) is 3. The normalized spacial score (nSPS) is 17.9. The molecule has 6 heteroatoms. The van der Waals surface area contributed by atoms with Gasteiger partial charge >= 0.3 is 0 Å². The van der Waals surface area contributed by atoms with E-state index in [9.17, 15) is 4.39 Å². The average Bonchev–Trinajstić information content (AvgIpc) is 2.64. The molecule has 152 valence electrons. The smallest absolute Gasteiger partial charge is 0.191 e. The highest BCUT2D eigenvalue weighted by Crippen LogP contribution is 2.14. The molecule has 0 spiro atoms. The molecule has 1 heterocycles. The molecule has 0 saturated carbocycles. The second-order valence-corrected chi connectivity index (χ2v) is 7.67. The molecule has 0 radical (unpaired) electrons. The fourth-order valence-electron chi connectivity index (χ4n) is 3.40. The van der Waals surface area contributed by atoms with Crippen molar-refractivity contribution in [2.24, 2.45) is 10.9 Å². The lowest BCUT2D eigenvalue weighted by atomic mass is 10.0. The molecule has 1 aliphatic rings. The molecule has 1 saturated heterocycles. The minimum Gasteiger partial charge on any atom is -0.357 e. The first-order valence-corrected chi connectivity index (χ1v) is 10.2. The van der Waals surface area contributed by atoms with Crippen molar-refractivity contribution in [1.29, 1.82) is 0 Å². The maximum Gasteiger partial charge on any atom is 0.191 e. The first-order valence-electron chi connectivity index (χ1n) is 10.2. The van der Waals surface area contributed by atoms with Gasteiger partial charge in [-0.3, -0.25) is 9.89 Å². The van der Waals surface area contributed by atoms with E-state index in [0.29, 0.717) is 12.0 Å². The van der Waals surface area contributed by atoms with Gasteiger partial charge in [0.15, 0.2) is 5.96 Å². The summed E-state index contributed by atoms with van der Waals surface area (Å²) in [6, 6.07) is 7.16. The maximum absolute atomic E-state index is 13.0. The van der Waals surface area contributed by atoms with Gasteiger partial charge in [-0.05, 0) is 44.0 Å². The highest BCUT2D eigenvalue weighted by Gasteiger charge is 2.24. The zero-order valence-electron chi connectivity index (χ0n) is 17.3. The summed E-state index contributed by atoms with van der Waals surface area (Å²) in [6.45, 7) is 13.5. The third kappa shape index (κ3) is 7.46. The number of halogens is 1. The molecule has 0 aromatic heterocycles. The van der Waals surface area contributed by atoms with Crippen molar-refractivity contribution in [1.82, 2.24) is 20.4 Å². The Balaban J connectivity index is 1.88. The summed E-state index contributed by atoms with van der Waals surface area (Å²) in [6.07, 6.45) is 0.844. The van der Waals surface area contributed by atoms with Gasteiger partial charge in [0.25, 0.3) is 0 Å². The Labute approximate surface area is 164 Å². The van der Waals surface area contributed by atoms with Gasteiger partial charge in [-0.2, -0.15) is 0 Å². The molecule has 0 aliphatic carbocycles. The predicted molar refractivity (Wildman–Crippen MR) is 112 cm³/mol. The number of nitrogens with zero attached hydrogens (tertiary/aromatic N) is 3. The molecular weight excluding hydrogens is 341 g/mol. The van der Waals surface area contributed by atoms with E-state index in [4.69, 9.17) is 4.99 Å². The third-order valence-electron chi connectivity index (χ3n) is 5.18. The Morgan fingerprint density at radius 3 is 2.37 bits per heavy atom. The number of rotatable bonds is 8. The molecule has 1 atom stereocenters. The van der Waals surface area contributed by atoms with Crippen molar-refractivity contribution in [3.8, 4) is 0 Å². The maximum atomic E-state index is 13.0. The number of nitrogens with one attached hydrogen (secondary N) is 2. The van der Waals surface area contributed by atoms with Crippen LogP contribution in [0.25, 0.3) is 0 Å². The Morgan fingerprint density at radius 1 is 1.11 bits per heavy atom. The number of hydrogen-bond donors (Lipinski definition) is 2. The molecule has 2 N–H and O–H groups in total. The molecule has 0 amide bonds. The fourth-order valence-corrected chi connectivity index (χ4v) is 3.40. The van der Waals surface area contributed by atoms with E-state index in [2.05, 4.69) is 48.3 Å². The van der Waals surface area contributed by atoms with Crippen LogP contribution in [0.3, 0.4) is 0 Å². The Hall–Kier alpha value is -1.66. The Kier molecular flexibility index (Phi) is 9.01. The summed E-state index contributed by atoms with van der Waals surface area (Å²) < 4.78 is 13.0. The van der Waals surface area contributed by atoms with Crippen molar-refractivity contribution in [3.63, 3.8) is 0 Å². The van der Waals surface area contributed by atoms with E-state index in [-0.39, 0.29) is 5.82 Å². The van der Waals surface area contributed by atoms with Gasteiger partial charge in [-0.1, -0.05) is 26.0 Å². The summed E-state index contributed by atoms with van der Waals surface area (Å²) in [5.41, 5.74) is 1.12. The highest BCUT2D eigenvalue weighted by molar-refractivity contribution is 5.79. The predicted octanol–water partition coefficient (Wildman–Crippen LogP) is 2.20. The molecule has 2 rings (SSSR count). The minimum atomic E-state index is -0.190. The summed E-state index contributed by atoms with van der Waals surface area (Å²) in [5.74, 6) is 1.24. The quantitative estimate of drug-likeness (QED) is 0.538. The fraction of sp³-hybridized carbons (Fsp3) is 0.667. The summed E-state index contributed by atoms with van der Waals surface area (Å²) >= 11 is 0. The van der Waals surface area contributed by atoms with Crippen LogP contribution in [-0.2, 0) is 6.42 Å². The standard InChI is InChI=1S/C21H36FN5/c1-5-23-21(24-11-10-18-6-8-19(22)9-7-18)25-16-20(17(2)3)27-14-12-26(4)13-15-27/h6-9,17,20H,5,10-16H2,1-4H3,(H2,23,24,25). The second-order valence-electron chi connectivity index (χ2n) is 7.67. The van der Waals surface area contributed by atoms with Crippen molar-refractivity contribution in [2.75, 3.05) is 52.9 Å². The largest absolute Gasteiger partial charge is 0.357 e. The van der Waals surface area contributed by atoms with E-state index in [0.717, 1.165) is 63.8 Å². The van der Waals surface area contributed by atoms with Crippen LogP contribution >= 0.6 is 0 Å². The molecule has 5 nitrogen and oxygen atoms in total. The SMILES string of the molecule is CCNC(=NCC(C(C)C)N1CCN(C)CC1)NCCc1ccc(F)cc1. The monoisotopic (exact) mass is 377 g/mol. The van der Waals surface area contributed by atoms with Gasteiger partial charge in [-0.15, -0.1) is 0 Å². The van der Waals surface area contributed by atoms with Gasteiger partial charge in [0.05, 0.1) is 6.54 Å². The Morgan fingerprint density at radius 2 is 1.78 bits per heavy atom. The minimum absolute atomic E-state index is 0.190. The molecule has 1 aromatic rings. The van der Waals surface area contributed by atoms with Crippen LogP contribution in [0.1, 0.15) is 26.3 Å². The van der Waals surface area contributed by atoms with Crippen molar-refractivity contribution >= 4 is 5.96 Å². The van der Waals surface area contributed by atoms with Crippen molar-refractivity contribution in [3.05, 3.63) is 35.6 Å². The van der Waals surface area contributed by atoms with Crippen LogP contribution in [0.15, 0.2) is 29.3 Å². The van der Waals surface area contributed by atoms with Crippen molar-refractivity contribution < 1.29 is 4.39 Å². The van der Waals surface area contributed by atoms with Gasteiger partial charge in [0.2, 0.25) is 0 Å². The highest BCUT2D eigenvalue weighted by atomic mass is 19.1.